The summed E-state index contributed by atoms with van der Waals surface area (Å²) in [7, 11) is 0. The van der Waals surface area contributed by atoms with Crippen LogP contribution in [0.3, 0.4) is 0 Å². The molecule has 116 valence electrons. The van der Waals surface area contributed by atoms with E-state index < -0.39 is 5.91 Å². The Morgan fingerprint density at radius 2 is 2.00 bits per heavy atom. The van der Waals surface area contributed by atoms with Crippen molar-refractivity contribution in [2.24, 2.45) is 5.73 Å². The van der Waals surface area contributed by atoms with Gasteiger partial charge < -0.3 is 10.7 Å². The zero-order valence-electron chi connectivity index (χ0n) is 13.4. The van der Waals surface area contributed by atoms with Crippen LogP contribution in [0.4, 0.5) is 0 Å². The number of hydrogen-bond donors (Lipinski definition) is 3. The molecule has 0 radical (unpaired) electrons. The molecule has 0 saturated carbocycles. The summed E-state index contributed by atoms with van der Waals surface area (Å²) < 4.78 is 0. The number of aromatic amines is 1. The van der Waals surface area contributed by atoms with Crippen molar-refractivity contribution in [2.45, 2.75) is 45.2 Å². The van der Waals surface area contributed by atoms with E-state index >= 15 is 0 Å². The number of H-pyrrole nitrogens is 1. The maximum absolute atomic E-state index is 11.5. The third-order valence-corrected chi connectivity index (χ3v) is 4.16. The Morgan fingerprint density at radius 1 is 1.27 bits per heavy atom. The number of nitrogens with zero attached hydrogens (tertiary/aromatic N) is 1. The highest BCUT2D eigenvalue weighted by molar-refractivity contribution is 6.04. The maximum atomic E-state index is 11.5. The first-order chi connectivity index (χ1) is 10.2. The summed E-state index contributed by atoms with van der Waals surface area (Å²) in [6.07, 6.45) is 2.98. The standard InChI is InChI=1S/C17H22N4O/c1-16(2)9-10(17(3,4)21-16)8-13-19-12-7-5-6-11(15(18)22)14(12)20-13/h5-7,9,21H,8H2,1-4H3,(H2,18,22)(H,19,20). The first kappa shape index (κ1) is 14.8. The molecule has 0 atom stereocenters. The van der Waals surface area contributed by atoms with Gasteiger partial charge in [0.25, 0.3) is 5.91 Å². The topological polar surface area (TPSA) is 83.8 Å². The van der Waals surface area contributed by atoms with Crippen molar-refractivity contribution in [3.63, 3.8) is 0 Å². The molecule has 0 spiro atoms. The summed E-state index contributed by atoms with van der Waals surface area (Å²) in [5, 5.41) is 3.59. The molecule has 1 amide bonds. The molecule has 2 heterocycles. The van der Waals surface area contributed by atoms with Crippen LogP contribution in [-0.4, -0.2) is 27.0 Å². The molecule has 2 aromatic rings. The Morgan fingerprint density at radius 3 is 2.59 bits per heavy atom. The van der Waals surface area contributed by atoms with Gasteiger partial charge in [-0.15, -0.1) is 0 Å². The van der Waals surface area contributed by atoms with E-state index in [0.29, 0.717) is 11.1 Å². The van der Waals surface area contributed by atoms with Gasteiger partial charge in [0.2, 0.25) is 0 Å². The van der Waals surface area contributed by atoms with Crippen molar-refractivity contribution >= 4 is 16.9 Å². The fourth-order valence-corrected chi connectivity index (χ4v) is 3.36. The quantitative estimate of drug-likeness (QED) is 0.760. The average Bonchev–Trinajstić information content (AvgIpc) is 2.86. The minimum atomic E-state index is -0.452. The minimum Gasteiger partial charge on any atom is -0.366 e. The summed E-state index contributed by atoms with van der Waals surface area (Å²) in [5.41, 5.74) is 8.55. The number of fused-ring (bicyclic) bond motifs is 1. The van der Waals surface area contributed by atoms with Gasteiger partial charge in [-0.3, -0.25) is 10.1 Å². The number of primary amides is 1. The molecule has 22 heavy (non-hydrogen) atoms. The lowest BCUT2D eigenvalue weighted by Gasteiger charge is -2.28. The van der Waals surface area contributed by atoms with Crippen LogP contribution in [0.2, 0.25) is 0 Å². The van der Waals surface area contributed by atoms with Crippen molar-refractivity contribution in [1.82, 2.24) is 15.3 Å². The van der Waals surface area contributed by atoms with Crippen molar-refractivity contribution in [1.29, 1.82) is 0 Å². The predicted octanol–water partition coefficient (Wildman–Crippen LogP) is 2.29. The summed E-state index contributed by atoms with van der Waals surface area (Å²) >= 11 is 0. The van der Waals surface area contributed by atoms with Crippen molar-refractivity contribution < 1.29 is 4.79 Å². The molecule has 0 saturated heterocycles. The van der Waals surface area contributed by atoms with E-state index in [1.165, 1.54) is 5.57 Å². The molecule has 1 aromatic carbocycles. The molecule has 4 N–H and O–H groups in total. The number of nitrogens with one attached hydrogen (secondary N) is 2. The van der Waals surface area contributed by atoms with Crippen LogP contribution in [0.5, 0.6) is 0 Å². The first-order valence-corrected chi connectivity index (χ1v) is 7.47. The van der Waals surface area contributed by atoms with Crippen LogP contribution in [0.15, 0.2) is 29.8 Å². The van der Waals surface area contributed by atoms with Crippen LogP contribution < -0.4 is 11.1 Å². The van der Waals surface area contributed by atoms with Crippen LogP contribution >= 0.6 is 0 Å². The summed E-state index contributed by atoms with van der Waals surface area (Å²) in [6, 6.07) is 5.43. The number of amides is 1. The Hall–Kier alpha value is -2.14. The van der Waals surface area contributed by atoms with Crippen molar-refractivity contribution in [3.05, 3.63) is 41.2 Å². The average molecular weight is 298 g/mol. The van der Waals surface area contributed by atoms with Gasteiger partial charge in [0.05, 0.1) is 11.1 Å². The number of aromatic nitrogens is 2. The normalized spacial score (nSPS) is 19.4. The van der Waals surface area contributed by atoms with Crippen molar-refractivity contribution in [2.75, 3.05) is 0 Å². The van der Waals surface area contributed by atoms with Gasteiger partial charge in [-0.2, -0.15) is 0 Å². The summed E-state index contributed by atoms with van der Waals surface area (Å²) in [4.78, 5) is 19.4. The van der Waals surface area contributed by atoms with Gasteiger partial charge in [-0.05, 0) is 45.4 Å². The van der Waals surface area contributed by atoms with E-state index in [1.54, 1.807) is 6.07 Å². The number of nitrogens with two attached hydrogens (primary N) is 1. The lowest BCUT2D eigenvalue weighted by atomic mass is 9.94. The Balaban J connectivity index is 1.99. The van der Waals surface area contributed by atoms with Crippen LogP contribution in [0.1, 0.15) is 43.9 Å². The molecule has 5 heteroatoms. The van der Waals surface area contributed by atoms with Gasteiger partial charge in [0.15, 0.2) is 0 Å². The fraction of sp³-hybridized carbons (Fsp3) is 0.412. The Labute approximate surface area is 130 Å². The molecular weight excluding hydrogens is 276 g/mol. The highest BCUT2D eigenvalue weighted by Crippen LogP contribution is 2.32. The largest absolute Gasteiger partial charge is 0.366 e. The van der Waals surface area contributed by atoms with E-state index in [2.05, 4.69) is 49.1 Å². The molecule has 1 aliphatic rings. The number of benzene rings is 1. The predicted molar refractivity (Wildman–Crippen MR) is 87.7 cm³/mol. The highest BCUT2D eigenvalue weighted by Gasteiger charge is 2.36. The van der Waals surface area contributed by atoms with Gasteiger partial charge in [-0.1, -0.05) is 12.1 Å². The molecule has 0 fully saturated rings. The molecule has 5 nitrogen and oxygen atoms in total. The van der Waals surface area contributed by atoms with Crippen LogP contribution in [0, 0.1) is 0 Å². The van der Waals surface area contributed by atoms with E-state index in [9.17, 15) is 4.79 Å². The molecule has 0 unspecified atom stereocenters. The molecule has 1 aromatic heterocycles. The minimum absolute atomic E-state index is 0.0246. The molecule has 0 bridgehead atoms. The number of hydrogen-bond acceptors (Lipinski definition) is 3. The maximum Gasteiger partial charge on any atom is 0.250 e. The number of para-hydroxylation sites is 1. The van der Waals surface area contributed by atoms with Gasteiger partial charge in [0.1, 0.15) is 11.3 Å². The Bertz CT molecular complexity index is 783. The smallest absolute Gasteiger partial charge is 0.250 e. The van der Waals surface area contributed by atoms with Gasteiger partial charge >= 0.3 is 0 Å². The SMILES string of the molecule is CC1(C)C=C(Cc2nc3c(C(N)=O)cccc3[nH]2)C(C)(C)N1. The summed E-state index contributed by atoms with van der Waals surface area (Å²) in [6.45, 7) is 8.66. The third kappa shape index (κ3) is 2.52. The van der Waals surface area contributed by atoms with E-state index in [0.717, 1.165) is 17.8 Å². The first-order valence-electron chi connectivity index (χ1n) is 7.47. The van der Waals surface area contributed by atoms with Gasteiger partial charge in [0, 0.05) is 17.5 Å². The van der Waals surface area contributed by atoms with E-state index in [1.807, 2.05) is 12.1 Å². The van der Waals surface area contributed by atoms with Crippen LogP contribution in [-0.2, 0) is 6.42 Å². The number of imidazole rings is 1. The number of carbonyl (C=O) groups excluding carboxylic acids is 1. The monoisotopic (exact) mass is 298 g/mol. The zero-order valence-corrected chi connectivity index (χ0v) is 13.4. The van der Waals surface area contributed by atoms with E-state index in [4.69, 9.17) is 5.73 Å². The fourth-order valence-electron chi connectivity index (χ4n) is 3.36. The molecule has 1 aliphatic heterocycles. The second kappa shape index (κ2) is 4.68. The highest BCUT2D eigenvalue weighted by atomic mass is 16.1. The second-order valence-electron chi connectivity index (χ2n) is 7.07. The lowest BCUT2D eigenvalue weighted by molar-refractivity contribution is 0.100. The second-order valence-corrected chi connectivity index (χ2v) is 7.07. The van der Waals surface area contributed by atoms with E-state index in [-0.39, 0.29) is 11.1 Å². The van der Waals surface area contributed by atoms with Crippen LogP contribution in [0.25, 0.3) is 11.0 Å². The third-order valence-electron chi connectivity index (χ3n) is 4.16. The molecule has 0 aliphatic carbocycles. The van der Waals surface area contributed by atoms with Crippen molar-refractivity contribution in [3.8, 4) is 0 Å². The molecule has 3 rings (SSSR count). The van der Waals surface area contributed by atoms with Gasteiger partial charge in [-0.25, -0.2) is 4.98 Å². The zero-order chi connectivity index (χ0) is 16.1. The lowest BCUT2D eigenvalue weighted by Crippen LogP contribution is -2.45. The Kier molecular flexibility index (Phi) is 3.14. The number of rotatable bonds is 3. The molecular formula is C17H22N4O. The number of carbonyl (C=O) groups is 1. The summed E-state index contributed by atoms with van der Waals surface area (Å²) in [5.74, 6) is 0.398.